The van der Waals surface area contributed by atoms with Crippen molar-refractivity contribution in [1.29, 1.82) is 0 Å². The summed E-state index contributed by atoms with van der Waals surface area (Å²) >= 11 is 5.99. The van der Waals surface area contributed by atoms with Gasteiger partial charge in [-0.1, -0.05) is 31.4 Å². The fraction of sp³-hybridized carbons (Fsp3) is 0.533. The fourth-order valence-corrected chi connectivity index (χ4v) is 2.92. The Morgan fingerprint density at radius 3 is 2.94 bits per heavy atom. The van der Waals surface area contributed by atoms with Crippen LogP contribution in [0.4, 0.5) is 4.39 Å². The Bertz CT molecular complexity index is 444. The minimum atomic E-state index is -0.334. The summed E-state index contributed by atoms with van der Waals surface area (Å²) in [6.07, 6.45) is 4.52. The molecule has 0 bridgehead atoms. The molecule has 3 heteroatoms. The Kier molecular flexibility index (Phi) is 4.39. The van der Waals surface area contributed by atoms with Crippen LogP contribution in [0.2, 0.25) is 5.02 Å². The van der Waals surface area contributed by atoms with Gasteiger partial charge < -0.3 is 0 Å². The first-order valence-corrected chi connectivity index (χ1v) is 6.90. The van der Waals surface area contributed by atoms with Gasteiger partial charge in [-0.2, -0.15) is 0 Å². The second kappa shape index (κ2) is 5.83. The highest BCUT2D eigenvalue weighted by Crippen LogP contribution is 2.30. The zero-order valence-electron chi connectivity index (χ0n) is 10.6. The largest absolute Gasteiger partial charge is 0.299 e. The summed E-state index contributed by atoms with van der Waals surface area (Å²) in [7, 11) is 0. The van der Waals surface area contributed by atoms with Crippen LogP contribution in [0.15, 0.2) is 18.2 Å². The SMILES string of the molecule is CC1CCCC(C(=O)Cc2cc(F)ccc2Cl)C1. The highest BCUT2D eigenvalue weighted by molar-refractivity contribution is 6.31. The predicted octanol–water partition coefficient (Wildman–Crippen LogP) is 4.42. The Balaban J connectivity index is 2.04. The topological polar surface area (TPSA) is 17.1 Å². The van der Waals surface area contributed by atoms with Crippen LogP contribution < -0.4 is 0 Å². The highest BCUT2D eigenvalue weighted by Gasteiger charge is 2.25. The smallest absolute Gasteiger partial charge is 0.140 e. The van der Waals surface area contributed by atoms with Crippen molar-refractivity contribution in [3.8, 4) is 0 Å². The van der Waals surface area contributed by atoms with Crippen LogP contribution in [0.1, 0.15) is 38.2 Å². The lowest BCUT2D eigenvalue weighted by Crippen LogP contribution is -2.23. The second-order valence-corrected chi connectivity index (χ2v) is 5.75. The molecule has 98 valence electrons. The van der Waals surface area contributed by atoms with E-state index in [4.69, 9.17) is 11.6 Å². The van der Waals surface area contributed by atoms with E-state index in [-0.39, 0.29) is 23.9 Å². The van der Waals surface area contributed by atoms with Crippen LogP contribution in [0.3, 0.4) is 0 Å². The number of hydrogen-bond acceptors (Lipinski definition) is 1. The van der Waals surface area contributed by atoms with E-state index in [2.05, 4.69) is 6.92 Å². The van der Waals surface area contributed by atoms with Crippen LogP contribution in [-0.4, -0.2) is 5.78 Å². The van der Waals surface area contributed by atoms with Gasteiger partial charge in [0.25, 0.3) is 0 Å². The molecule has 0 radical (unpaired) electrons. The summed E-state index contributed by atoms with van der Waals surface area (Å²) in [5.41, 5.74) is 0.611. The van der Waals surface area contributed by atoms with Gasteiger partial charge >= 0.3 is 0 Å². The Morgan fingerprint density at radius 1 is 1.44 bits per heavy atom. The molecule has 2 unspecified atom stereocenters. The van der Waals surface area contributed by atoms with Crippen molar-refractivity contribution >= 4 is 17.4 Å². The first-order chi connectivity index (χ1) is 8.56. The normalized spacial score (nSPS) is 23.9. The molecule has 0 saturated heterocycles. The summed E-state index contributed by atoms with van der Waals surface area (Å²) < 4.78 is 13.1. The van der Waals surface area contributed by atoms with E-state index in [1.54, 1.807) is 0 Å². The number of hydrogen-bond donors (Lipinski definition) is 0. The van der Waals surface area contributed by atoms with Crippen molar-refractivity contribution in [1.82, 2.24) is 0 Å². The number of ketones is 1. The van der Waals surface area contributed by atoms with Gasteiger partial charge in [-0.25, -0.2) is 4.39 Å². The Morgan fingerprint density at radius 2 is 2.22 bits per heavy atom. The zero-order valence-corrected chi connectivity index (χ0v) is 11.3. The number of Topliss-reactive ketones (excluding diaryl/α,β-unsaturated/α-hetero) is 1. The monoisotopic (exact) mass is 268 g/mol. The molecule has 0 aliphatic heterocycles. The van der Waals surface area contributed by atoms with Crippen LogP contribution >= 0.6 is 11.6 Å². The zero-order chi connectivity index (χ0) is 13.1. The molecule has 1 aliphatic carbocycles. The van der Waals surface area contributed by atoms with Gasteiger partial charge in [-0.3, -0.25) is 4.79 Å². The van der Waals surface area contributed by atoms with Gasteiger partial charge in [-0.15, -0.1) is 0 Å². The van der Waals surface area contributed by atoms with Gasteiger partial charge in [0.1, 0.15) is 11.6 Å². The highest BCUT2D eigenvalue weighted by atomic mass is 35.5. The molecule has 1 aromatic carbocycles. The van der Waals surface area contributed by atoms with E-state index in [9.17, 15) is 9.18 Å². The van der Waals surface area contributed by atoms with Crippen molar-refractivity contribution < 1.29 is 9.18 Å². The quantitative estimate of drug-likeness (QED) is 0.793. The van der Waals surface area contributed by atoms with E-state index >= 15 is 0 Å². The summed E-state index contributed by atoms with van der Waals surface area (Å²) in [5.74, 6) is 0.622. The Labute approximate surface area is 112 Å². The molecule has 0 spiro atoms. The Hall–Kier alpha value is -0.890. The first-order valence-electron chi connectivity index (χ1n) is 6.53. The molecule has 1 nitrogen and oxygen atoms in total. The number of carbonyl (C=O) groups is 1. The molecule has 0 N–H and O–H groups in total. The third-order valence-electron chi connectivity index (χ3n) is 3.76. The van der Waals surface area contributed by atoms with Gasteiger partial charge in [0.2, 0.25) is 0 Å². The minimum Gasteiger partial charge on any atom is -0.299 e. The van der Waals surface area contributed by atoms with Crippen LogP contribution in [0, 0.1) is 17.7 Å². The van der Waals surface area contributed by atoms with Crippen LogP contribution in [-0.2, 0) is 11.2 Å². The second-order valence-electron chi connectivity index (χ2n) is 5.35. The number of carbonyl (C=O) groups excluding carboxylic acids is 1. The molecule has 2 rings (SSSR count). The summed E-state index contributed by atoms with van der Waals surface area (Å²) in [4.78, 5) is 12.2. The van der Waals surface area contributed by atoms with Crippen molar-refractivity contribution in [3.63, 3.8) is 0 Å². The third kappa shape index (κ3) is 3.32. The standard InChI is InChI=1S/C15H18ClFO/c1-10-3-2-4-11(7-10)15(18)9-12-8-13(17)5-6-14(12)16/h5-6,8,10-11H,2-4,7,9H2,1H3. The van der Waals surface area contributed by atoms with E-state index in [0.717, 1.165) is 19.3 Å². The molecule has 0 amide bonds. The molecular formula is C15H18ClFO. The van der Waals surface area contributed by atoms with Gasteiger partial charge in [0.15, 0.2) is 0 Å². The van der Waals surface area contributed by atoms with E-state index in [1.165, 1.54) is 24.6 Å². The molecule has 18 heavy (non-hydrogen) atoms. The number of halogens is 2. The van der Waals surface area contributed by atoms with Gasteiger partial charge in [0.05, 0.1) is 0 Å². The maximum absolute atomic E-state index is 13.1. The average Bonchev–Trinajstić information content (AvgIpc) is 2.34. The average molecular weight is 269 g/mol. The summed E-state index contributed by atoms with van der Waals surface area (Å²) in [6.45, 7) is 2.19. The van der Waals surface area contributed by atoms with Gasteiger partial charge in [0, 0.05) is 17.4 Å². The van der Waals surface area contributed by atoms with E-state index in [1.807, 2.05) is 0 Å². The first kappa shape index (κ1) is 13.5. The molecule has 1 aliphatic rings. The number of rotatable bonds is 3. The third-order valence-corrected chi connectivity index (χ3v) is 4.13. The van der Waals surface area contributed by atoms with Crippen LogP contribution in [0.5, 0.6) is 0 Å². The molecule has 0 heterocycles. The maximum Gasteiger partial charge on any atom is 0.140 e. The molecule has 0 aromatic heterocycles. The fourth-order valence-electron chi connectivity index (χ4n) is 2.74. The molecule has 1 saturated carbocycles. The minimum absolute atomic E-state index is 0.132. The summed E-state index contributed by atoms with van der Waals surface area (Å²) in [6, 6.07) is 4.20. The van der Waals surface area contributed by atoms with Gasteiger partial charge in [-0.05, 0) is 42.5 Å². The predicted molar refractivity (Wildman–Crippen MR) is 71.2 cm³/mol. The maximum atomic E-state index is 13.1. The van der Waals surface area contributed by atoms with Crippen LogP contribution in [0.25, 0.3) is 0 Å². The van der Waals surface area contributed by atoms with E-state index in [0.29, 0.717) is 16.5 Å². The van der Waals surface area contributed by atoms with Crippen molar-refractivity contribution in [3.05, 3.63) is 34.6 Å². The molecule has 2 atom stereocenters. The van der Waals surface area contributed by atoms with Crippen molar-refractivity contribution in [2.24, 2.45) is 11.8 Å². The summed E-state index contributed by atoms with van der Waals surface area (Å²) in [5, 5.41) is 0.480. The lowest BCUT2D eigenvalue weighted by Gasteiger charge is -2.25. The molecule has 1 fully saturated rings. The van der Waals surface area contributed by atoms with E-state index < -0.39 is 0 Å². The lowest BCUT2D eigenvalue weighted by atomic mass is 9.79. The van der Waals surface area contributed by atoms with Crippen molar-refractivity contribution in [2.45, 2.75) is 39.0 Å². The lowest BCUT2D eigenvalue weighted by molar-refractivity contribution is -0.123. The molecular weight excluding hydrogens is 251 g/mol. The molecule has 1 aromatic rings. The number of benzene rings is 1. The van der Waals surface area contributed by atoms with Crippen molar-refractivity contribution in [2.75, 3.05) is 0 Å².